The molecule has 106 valence electrons. The van der Waals surface area contributed by atoms with Crippen LogP contribution in [0, 0.1) is 34.6 Å². The number of hydrogen-bond acceptors (Lipinski definition) is 5. The number of nitrogens with two attached hydrogens (primary N) is 1. The van der Waals surface area contributed by atoms with E-state index >= 15 is 0 Å². The highest BCUT2D eigenvalue weighted by molar-refractivity contribution is 5.50. The molecule has 0 aliphatic heterocycles. The van der Waals surface area contributed by atoms with Crippen molar-refractivity contribution in [1.82, 2.24) is 9.97 Å². The molecule has 3 N–H and O–H groups in total. The molecule has 0 atom stereocenters. The Morgan fingerprint density at radius 2 is 1.70 bits per heavy atom. The van der Waals surface area contributed by atoms with E-state index in [4.69, 9.17) is 10.6 Å². The Labute approximate surface area is 119 Å². The summed E-state index contributed by atoms with van der Waals surface area (Å²) in [6, 6.07) is 4.14. The first-order valence-corrected chi connectivity index (χ1v) is 6.50. The first-order valence-electron chi connectivity index (χ1n) is 6.50. The van der Waals surface area contributed by atoms with Crippen molar-refractivity contribution in [2.24, 2.45) is 5.84 Å². The smallest absolute Gasteiger partial charge is 0.227 e. The van der Waals surface area contributed by atoms with Gasteiger partial charge in [-0.15, -0.1) is 0 Å². The normalized spacial score (nSPS) is 10.5. The molecule has 1 heterocycles. The lowest BCUT2D eigenvalue weighted by atomic mass is 10.1. The Bertz CT molecular complexity index is 653. The van der Waals surface area contributed by atoms with Crippen LogP contribution in [0.15, 0.2) is 12.1 Å². The van der Waals surface area contributed by atoms with Crippen molar-refractivity contribution in [1.29, 1.82) is 0 Å². The molecule has 2 rings (SSSR count). The molecule has 2 aromatic rings. The number of nitrogen functional groups attached to an aromatic ring is 1. The van der Waals surface area contributed by atoms with Crippen LogP contribution in [0.1, 0.15) is 28.1 Å². The summed E-state index contributed by atoms with van der Waals surface area (Å²) in [5.74, 6) is 7.99. The van der Waals surface area contributed by atoms with Crippen LogP contribution in [0.5, 0.6) is 11.6 Å². The minimum Gasteiger partial charge on any atom is -0.438 e. The fourth-order valence-electron chi connectivity index (χ4n) is 2.05. The standard InChI is InChI=1S/C15H20N4O/c1-8-6-9(2)10(3)13(7-8)20-15-11(4)14(19-16)17-12(5)18-15/h6-7H,16H2,1-5H3,(H,17,18,19). The summed E-state index contributed by atoms with van der Waals surface area (Å²) in [4.78, 5) is 8.57. The van der Waals surface area contributed by atoms with Gasteiger partial charge in [0.1, 0.15) is 17.4 Å². The van der Waals surface area contributed by atoms with Crippen molar-refractivity contribution in [2.45, 2.75) is 34.6 Å². The number of hydrazine groups is 1. The zero-order chi connectivity index (χ0) is 14.9. The average Bonchev–Trinajstić information content (AvgIpc) is 2.39. The van der Waals surface area contributed by atoms with E-state index in [0.29, 0.717) is 17.5 Å². The average molecular weight is 272 g/mol. The van der Waals surface area contributed by atoms with Crippen molar-refractivity contribution in [2.75, 3.05) is 5.43 Å². The number of benzene rings is 1. The van der Waals surface area contributed by atoms with E-state index in [1.807, 2.05) is 33.8 Å². The maximum absolute atomic E-state index is 5.98. The van der Waals surface area contributed by atoms with E-state index in [9.17, 15) is 0 Å². The second-order valence-electron chi connectivity index (χ2n) is 5.00. The van der Waals surface area contributed by atoms with Crippen molar-refractivity contribution >= 4 is 5.82 Å². The van der Waals surface area contributed by atoms with Gasteiger partial charge >= 0.3 is 0 Å². The molecule has 5 heteroatoms. The largest absolute Gasteiger partial charge is 0.438 e. The predicted octanol–water partition coefficient (Wildman–Crippen LogP) is 3.10. The van der Waals surface area contributed by atoms with Crippen molar-refractivity contribution in [3.8, 4) is 11.6 Å². The van der Waals surface area contributed by atoms with Gasteiger partial charge in [0, 0.05) is 0 Å². The molecule has 0 bridgehead atoms. The number of nitrogens with zero attached hydrogens (tertiary/aromatic N) is 2. The van der Waals surface area contributed by atoms with E-state index in [0.717, 1.165) is 22.4 Å². The highest BCUT2D eigenvalue weighted by atomic mass is 16.5. The van der Waals surface area contributed by atoms with Crippen LogP contribution >= 0.6 is 0 Å². The van der Waals surface area contributed by atoms with E-state index in [-0.39, 0.29) is 0 Å². The summed E-state index contributed by atoms with van der Waals surface area (Å²) >= 11 is 0. The summed E-state index contributed by atoms with van der Waals surface area (Å²) in [5, 5.41) is 0. The van der Waals surface area contributed by atoms with Gasteiger partial charge < -0.3 is 10.2 Å². The Morgan fingerprint density at radius 1 is 1.00 bits per heavy atom. The lowest BCUT2D eigenvalue weighted by molar-refractivity contribution is 0.452. The third-order valence-corrected chi connectivity index (χ3v) is 3.32. The first-order chi connectivity index (χ1) is 9.42. The molecule has 5 nitrogen and oxygen atoms in total. The number of rotatable bonds is 3. The van der Waals surface area contributed by atoms with Crippen molar-refractivity contribution in [3.05, 3.63) is 40.2 Å². The topological polar surface area (TPSA) is 73.1 Å². The molecule has 0 amide bonds. The maximum Gasteiger partial charge on any atom is 0.227 e. The Balaban J connectivity index is 2.47. The summed E-state index contributed by atoms with van der Waals surface area (Å²) in [6.07, 6.45) is 0. The summed E-state index contributed by atoms with van der Waals surface area (Å²) in [7, 11) is 0. The molecule has 0 saturated carbocycles. The molecule has 20 heavy (non-hydrogen) atoms. The molecule has 0 fully saturated rings. The lowest BCUT2D eigenvalue weighted by Crippen LogP contribution is -2.12. The number of anilines is 1. The summed E-state index contributed by atoms with van der Waals surface area (Å²) < 4.78 is 5.98. The molecule has 0 spiro atoms. The molecule has 1 aromatic carbocycles. The monoisotopic (exact) mass is 272 g/mol. The van der Waals surface area contributed by atoms with E-state index in [2.05, 4.69) is 28.4 Å². The number of aryl methyl sites for hydroxylation is 3. The van der Waals surface area contributed by atoms with Gasteiger partial charge in [-0.1, -0.05) is 6.07 Å². The van der Waals surface area contributed by atoms with Gasteiger partial charge in [0.05, 0.1) is 5.56 Å². The van der Waals surface area contributed by atoms with Gasteiger partial charge in [-0.25, -0.2) is 10.8 Å². The third-order valence-electron chi connectivity index (χ3n) is 3.32. The third kappa shape index (κ3) is 2.72. The van der Waals surface area contributed by atoms with Gasteiger partial charge in [0.25, 0.3) is 0 Å². The quantitative estimate of drug-likeness (QED) is 0.663. The first kappa shape index (κ1) is 14.3. The highest BCUT2D eigenvalue weighted by Crippen LogP contribution is 2.30. The molecule has 0 radical (unpaired) electrons. The molecule has 0 aliphatic rings. The van der Waals surface area contributed by atoms with E-state index in [1.54, 1.807) is 0 Å². The summed E-state index contributed by atoms with van der Waals surface area (Å²) in [6.45, 7) is 9.84. The number of nitrogens with one attached hydrogen (secondary N) is 1. The van der Waals surface area contributed by atoms with Gasteiger partial charge in [-0.2, -0.15) is 4.98 Å². The van der Waals surface area contributed by atoms with Crippen molar-refractivity contribution < 1.29 is 4.74 Å². The minimum atomic E-state index is 0.526. The van der Waals surface area contributed by atoms with E-state index < -0.39 is 0 Å². The molecular weight excluding hydrogens is 252 g/mol. The van der Waals surface area contributed by atoms with Gasteiger partial charge in [0.15, 0.2) is 0 Å². The number of aromatic nitrogens is 2. The maximum atomic E-state index is 5.98. The van der Waals surface area contributed by atoms with E-state index in [1.165, 1.54) is 5.56 Å². The van der Waals surface area contributed by atoms with Crippen LogP contribution in [-0.4, -0.2) is 9.97 Å². The highest BCUT2D eigenvalue weighted by Gasteiger charge is 2.12. The van der Waals surface area contributed by atoms with Gasteiger partial charge in [-0.05, 0) is 57.4 Å². The lowest BCUT2D eigenvalue weighted by Gasteiger charge is -2.14. The Kier molecular flexibility index (Phi) is 3.90. The zero-order valence-corrected chi connectivity index (χ0v) is 12.5. The van der Waals surface area contributed by atoms with Crippen LogP contribution in [0.25, 0.3) is 0 Å². The Morgan fingerprint density at radius 3 is 2.35 bits per heavy atom. The second-order valence-corrected chi connectivity index (χ2v) is 5.00. The predicted molar refractivity (Wildman–Crippen MR) is 80.0 cm³/mol. The second kappa shape index (κ2) is 5.46. The minimum absolute atomic E-state index is 0.526. The van der Waals surface area contributed by atoms with Crippen LogP contribution in [0.3, 0.4) is 0 Å². The van der Waals surface area contributed by atoms with Crippen LogP contribution < -0.4 is 16.0 Å². The van der Waals surface area contributed by atoms with Gasteiger partial charge in [-0.3, -0.25) is 0 Å². The molecular formula is C15H20N4O. The summed E-state index contributed by atoms with van der Waals surface area (Å²) in [5.41, 5.74) is 6.81. The Hall–Kier alpha value is -2.14. The molecule has 0 unspecified atom stereocenters. The number of ether oxygens (including phenoxy) is 1. The molecule has 0 aliphatic carbocycles. The fourth-order valence-corrected chi connectivity index (χ4v) is 2.05. The van der Waals surface area contributed by atoms with Gasteiger partial charge in [0.2, 0.25) is 5.88 Å². The molecule has 1 aromatic heterocycles. The van der Waals surface area contributed by atoms with Crippen molar-refractivity contribution in [3.63, 3.8) is 0 Å². The fraction of sp³-hybridized carbons (Fsp3) is 0.333. The van der Waals surface area contributed by atoms with Crippen LogP contribution in [0.2, 0.25) is 0 Å². The van der Waals surface area contributed by atoms with Crippen LogP contribution in [-0.2, 0) is 0 Å². The zero-order valence-electron chi connectivity index (χ0n) is 12.5. The number of hydrogen-bond donors (Lipinski definition) is 2. The van der Waals surface area contributed by atoms with Crippen LogP contribution in [0.4, 0.5) is 5.82 Å². The molecule has 0 saturated heterocycles. The SMILES string of the molecule is Cc1cc(C)c(C)c(Oc2nc(C)nc(NN)c2C)c1.